The van der Waals surface area contributed by atoms with Crippen molar-refractivity contribution < 1.29 is 9.47 Å². The van der Waals surface area contributed by atoms with E-state index in [4.69, 9.17) is 15.2 Å². The number of rotatable bonds is 6. The van der Waals surface area contributed by atoms with Crippen LogP contribution in [0, 0.1) is 0 Å². The molecule has 4 heteroatoms. The van der Waals surface area contributed by atoms with Gasteiger partial charge in [0.2, 0.25) is 0 Å². The fraction of sp³-hybridized carbons (Fsp3) is 0.625. The van der Waals surface area contributed by atoms with Crippen molar-refractivity contribution in [1.29, 1.82) is 0 Å². The highest BCUT2D eigenvalue weighted by atomic mass is 16.5. The van der Waals surface area contributed by atoms with Gasteiger partial charge < -0.3 is 15.2 Å². The van der Waals surface area contributed by atoms with Crippen LogP contribution in [0.1, 0.15) is 18.9 Å². The molecule has 0 bridgehead atoms. The van der Waals surface area contributed by atoms with E-state index in [1.54, 1.807) is 14.2 Å². The Bertz CT molecular complexity index is 438. The maximum atomic E-state index is 6.09. The molecular weight excluding hydrogens is 252 g/mol. The van der Waals surface area contributed by atoms with Gasteiger partial charge in [-0.25, -0.2) is 0 Å². The Hall–Kier alpha value is -1.10. The summed E-state index contributed by atoms with van der Waals surface area (Å²) in [6, 6.07) is 8.18. The number of hydrogen-bond donors (Lipinski definition) is 1. The highest BCUT2D eigenvalue weighted by Crippen LogP contribution is 2.29. The third-order valence-electron chi connectivity index (χ3n) is 4.45. The van der Waals surface area contributed by atoms with E-state index in [1.165, 1.54) is 5.56 Å². The normalized spacial score (nSPS) is 22.7. The predicted octanol–water partition coefficient (Wildman–Crippen LogP) is 1.68. The van der Waals surface area contributed by atoms with Gasteiger partial charge in [-0.15, -0.1) is 0 Å². The molecule has 1 aromatic carbocycles. The fourth-order valence-electron chi connectivity index (χ4n) is 2.98. The van der Waals surface area contributed by atoms with Gasteiger partial charge >= 0.3 is 0 Å². The van der Waals surface area contributed by atoms with E-state index in [0.29, 0.717) is 12.6 Å². The van der Waals surface area contributed by atoms with E-state index >= 15 is 0 Å². The number of ether oxygens (including phenoxy) is 2. The number of nitrogens with zero attached hydrogens (tertiary/aromatic N) is 1. The van der Waals surface area contributed by atoms with Crippen molar-refractivity contribution in [3.05, 3.63) is 29.8 Å². The molecule has 2 unspecified atom stereocenters. The lowest BCUT2D eigenvalue weighted by molar-refractivity contribution is 0.0800. The van der Waals surface area contributed by atoms with Gasteiger partial charge in [0.15, 0.2) is 0 Å². The number of para-hydroxylation sites is 1. The minimum atomic E-state index is -0.0537. The molecule has 1 aliphatic rings. The van der Waals surface area contributed by atoms with E-state index in [-0.39, 0.29) is 5.54 Å². The summed E-state index contributed by atoms with van der Waals surface area (Å²) in [5, 5.41) is 0. The third kappa shape index (κ3) is 3.14. The molecule has 1 fully saturated rings. The molecule has 112 valence electrons. The second-order valence-electron chi connectivity index (χ2n) is 5.78. The molecule has 1 aromatic rings. The minimum absolute atomic E-state index is 0.0537. The van der Waals surface area contributed by atoms with E-state index < -0.39 is 0 Å². The van der Waals surface area contributed by atoms with Crippen molar-refractivity contribution in [2.24, 2.45) is 5.73 Å². The Morgan fingerprint density at radius 2 is 2.10 bits per heavy atom. The van der Waals surface area contributed by atoms with Crippen molar-refractivity contribution in [2.45, 2.75) is 31.4 Å². The highest BCUT2D eigenvalue weighted by Gasteiger charge is 2.36. The van der Waals surface area contributed by atoms with E-state index in [2.05, 4.69) is 24.0 Å². The van der Waals surface area contributed by atoms with Crippen LogP contribution in [0.15, 0.2) is 24.3 Å². The Balaban J connectivity index is 2.15. The van der Waals surface area contributed by atoms with E-state index in [9.17, 15) is 0 Å². The van der Waals surface area contributed by atoms with Crippen LogP contribution in [0.5, 0.6) is 5.75 Å². The summed E-state index contributed by atoms with van der Waals surface area (Å²) in [7, 11) is 3.50. The summed E-state index contributed by atoms with van der Waals surface area (Å²) in [4.78, 5) is 2.45. The first kappa shape index (κ1) is 15.3. The zero-order chi connectivity index (χ0) is 14.6. The van der Waals surface area contributed by atoms with Gasteiger partial charge in [-0.2, -0.15) is 0 Å². The van der Waals surface area contributed by atoms with Gasteiger partial charge in [-0.3, -0.25) is 4.90 Å². The van der Waals surface area contributed by atoms with Crippen molar-refractivity contribution in [3.63, 3.8) is 0 Å². The van der Waals surface area contributed by atoms with Crippen LogP contribution in [0.3, 0.4) is 0 Å². The van der Waals surface area contributed by atoms with Crippen molar-refractivity contribution in [3.8, 4) is 5.75 Å². The van der Waals surface area contributed by atoms with Gasteiger partial charge in [0, 0.05) is 32.3 Å². The molecule has 0 aliphatic carbocycles. The molecule has 2 atom stereocenters. The lowest BCUT2D eigenvalue weighted by atomic mass is 9.90. The minimum Gasteiger partial charge on any atom is -0.496 e. The smallest absolute Gasteiger partial charge is 0.122 e. The van der Waals surface area contributed by atoms with Crippen LogP contribution in [0.25, 0.3) is 0 Å². The van der Waals surface area contributed by atoms with Crippen molar-refractivity contribution >= 4 is 0 Å². The quantitative estimate of drug-likeness (QED) is 0.860. The first-order chi connectivity index (χ1) is 9.62. The molecular formula is C16H26N2O2. The lowest BCUT2D eigenvalue weighted by Gasteiger charge is -2.38. The molecule has 2 N–H and O–H groups in total. The average molecular weight is 278 g/mol. The van der Waals surface area contributed by atoms with E-state index in [1.807, 2.05) is 12.1 Å². The number of methoxy groups -OCH3 is 2. The number of benzene rings is 1. The van der Waals surface area contributed by atoms with E-state index in [0.717, 1.165) is 31.7 Å². The number of nitrogens with two attached hydrogens (primary N) is 1. The summed E-state index contributed by atoms with van der Waals surface area (Å²) in [5.41, 5.74) is 7.25. The van der Waals surface area contributed by atoms with Crippen LogP contribution in [-0.4, -0.2) is 50.4 Å². The SMILES string of the molecule is COc1ccccc1CC(C)(CN)N1CCC(OC)C1. The Morgan fingerprint density at radius 1 is 1.35 bits per heavy atom. The average Bonchev–Trinajstić information content (AvgIpc) is 2.97. The van der Waals surface area contributed by atoms with Crippen LogP contribution in [0.4, 0.5) is 0 Å². The number of likely N-dealkylation sites (tertiary alicyclic amines) is 1. The third-order valence-corrected chi connectivity index (χ3v) is 4.45. The predicted molar refractivity (Wildman–Crippen MR) is 81.1 cm³/mol. The first-order valence-corrected chi connectivity index (χ1v) is 7.23. The molecule has 20 heavy (non-hydrogen) atoms. The molecule has 0 spiro atoms. The molecule has 0 saturated carbocycles. The Kier molecular flexibility index (Phi) is 5.02. The van der Waals surface area contributed by atoms with Gasteiger partial charge in [0.1, 0.15) is 5.75 Å². The van der Waals surface area contributed by atoms with Gasteiger partial charge in [-0.1, -0.05) is 18.2 Å². The molecule has 2 rings (SSSR count). The molecule has 1 aliphatic heterocycles. The standard InChI is InChI=1S/C16H26N2O2/c1-16(12-17,18-9-8-14(11-18)19-2)10-13-6-4-5-7-15(13)20-3/h4-7,14H,8-12,17H2,1-3H3. The fourth-order valence-corrected chi connectivity index (χ4v) is 2.98. The number of hydrogen-bond acceptors (Lipinski definition) is 4. The monoisotopic (exact) mass is 278 g/mol. The molecule has 0 radical (unpaired) electrons. The molecule has 4 nitrogen and oxygen atoms in total. The molecule has 0 aromatic heterocycles. The maximum Gasteiger partial charge on any atom is 0.122 e. The van der Waals surface area contributed by atoms with Crippen molar-refractivity contribution in [2.75, 3.05) is 33.9 Å². The summed E-state index contributed by atoms with van der Waals surface area (Å²) in [6.07, 6.45) is 2.31. The summed E-state index contributed by atoms with van der Waals surface area (Å²) < 4.78 is 10.9. The molecule has 0 amide bonds. The Morgan fingerprint density at radius 3 is 2.70 bits per heavy atom. The van der Waals surface area contributed by atoms with Gasteiger partial charge in [0.05, 0.1) is 13.2 Å². The second kappa shape index (κ2) is 6.57. The Labute approximate surface area is 121 Å². The van der Waals surface area contributed by atoms with Crippen LogP contribution in [-0.2, 0) is 11.2 Å². The largest absolute Gasteiger partial charge is 0.496 e. The zero-order valence-electron chi connectivity index (χ0n) is 12.8. The van der Waals surface area contributed by atoms with Crippen LogP contribution in [0.2, 0.25) is 0 Å². The van der Waals surface area contributed by atoms with Crippen LogP contribution >= 0.6 is 0 Å². The van der Waals surface area contributed by atoms with Gasteiger partial charge in [-0.05, 0) is 31.4 Å². The topological polar surface area (TPSA) is 47.7 Å². The van der Waals surface area contributed by atoms with Crippen LogP contribution < -0.4 is 10.5 Å². The summed E-state index contributed by atoms with van der Waals surface area (Å²) in [6.45, 7) is 4.86. The lowest BCUT2D eigenvalue weighted by Crippen LogP contribution is -2.52. The molecule has 1 heterocycles. The maximum absolute atomic E-state index is 6.09. The van der Waals surface area contributed by atoms with Gasteiger partial charge in [0.25, 0.3) is 0 Å². The second-order valence-corrected chi connectivity index (χ2v) is 5.78. The highest BCUT2D eigenvalue weighted by molar-refractivity contribution is 5.34. The summed E-state index contributed by atoms with van der Waals surface area (Å²) in [5.74, 6) is 0.940. The summed E-state index contributed by atoms with van der Waals surface area (Å²) >= 11 is 0. The van der Waals surface area contributed by atoms with Crippen molar-refractivity contribution in [1.82, 2.24) is 4.90 Å². The zero-order valence-corrected chi connectivity index (χ0v) is 12.8. The molecule has 1 saturated heterocycles. The first-order valence-electron chi connectivity index (χ1n) is 7.23.